The van der Waals surface area contributed by atoms with Crippen molar-refractivity contribution >= 4 is 23.5 Å². The fourth-order valence-electron chi connectivity index (χ4n) is 1.92. The van der Waals surface area contributed by atoms with Crippen LogP contribution in [0.1, 0.15) is 18.4 Å². The third-order valence-electron chi connectivity index (χ3n) is 2.98. The number of nitrogens with zero attached hydrogens (tertiary/aromatic N) is 2. The summed E-state index contributed by atoms with van der Waals surface area (Å²) in [6.45, 7) is 3.72. The van der Waals surface area contributed by atoms with Crippen LogP contribution in [0.25, 0.3) is 0 Å². The van der Waals surface area contributed by atoms with E-state index >= 15 is 0 Å². The Morgan fingerprint density at radius 3 is 2.67 bits per heavy atom. The lowest BCUT2D eigenvalue weighted by molar-refractivity contribution is -0.120. The number of hydrogen-bond acceptors (Lipinski definition) is 7. The Morgan fingerprint density at radius 2 is 2.00 bits per heavy atom. The highest BCUT2D eigenvalue weighted by atomic mass is 32.2. The molecule has 1 amide bonds. The highest BCUT2D eigenvalue weighted by Crippen LogP contribution is 2.18. The van der Waals surface area contributed by atoms with E-state index in [1.165, 1.54) is 12.1 Å². The van der Waals surface area contributed by atoms with Crippen LogP contribution in [-0.4, -0.2) is 37.6 Å². The maximum Gasteiger partial charge on any atom is 0.252 e. The highest BCUT2D eigenvalue weighted by Gasteiger charge is 2.15. The van der Waals surface area contributed by atoms with Gasteiger partial charge in [-0.1, -0.05) is 11.8 Å². The lowest BCUT2D eigenvalue weighted by Gasteiger charge is -2.11. The molecule has 0 aliphatic heterocycles. The molecule has 24 heavy (non-hydrogen) atoms. The largest absolute Gasteiger partial charge is 0.383 e. The van der Waals surface area contributed by atoms with E-state index in [0.717, 1.165) is 11.8 Å². The van der Waals surface area contributed by atoms with Crippen molar-refractivity contribution in [1.82, 2.24) is 25.3 Å². The van der Waals surface area contributed by atoms with Crippen molar-refractivity contribution in [2.75, 3.05) is 12.3 Å². The molecule has 0 aromatic carbocycles. The van der Waals surface area contributed by atoms with Crippen molar-refractivity contribution < 1.29 is 4.79 Å². The molecule has 0 spiro atoms. The number of nitrogens with one attached hydrogen (secondary N) is 3. The van der Waals surface area contributed by atoms with Gasteiger partial charge in [0.1, 0.15) is 11.6 Å². The minimum absolute atomic E-state index is 0.137. The monoisotopic (exact) mass is 350 g/mol. The quantitative estimate of drug-likeness (QED) is 0.409. The summed E-state index contributed by atoms with van der Waals surface area (Å²) in [6.07, 6.45) is 0.350. The first-order valence-corrected chi connectivity index (χ1v) is 8.09. The maximum atomic E-state index is 12.1. The molecule has 0 aliphatic rings. The van der Waals surface area contributed by atoms with Gasteiger partial charge in [-0.25, -0.2) is 9.97 Å². The number of amides is 1. The molecule has 0 radical (unpaired) electrons. The van der Waals surface area contributed by atoms with E-state index in [1.807, 2.05) is 0 Å². The zero-order chi connectivity index (χ0) is 17.7. The van der Waals surface area contributed by atoms with Crippen molar-refractivity contribution in [1.29, 1.82) is 0 Å². The molecule has 0 unspecified atom stereocenters. The van der Waals surface area contributed by atoms with Gasteiger partial charge >= 0.3 is 0 Å². The van der Waals surface area contributed by atoms with Gasteiger partial charge < -0.3 is 21.0 Å². The number of H-pyrrole nitrogens is 2. The van der Waals surface area contributed by atoms with Crippen molar-refractivity contribution in [2.24, 2.45) is 0 Å². The number of carbonyl (C=O) groups excluding carboxylic acids is 1. The van der Waals surface area contributed by atoms with Crippen LogP contribution < -0.4 is 22.2 Å². The SMILES string of the molecule is Cc1cc(=O)[nH]c(S[C@H](C)C(=O)NCCc2nc(N)cc(=O)[nH]2)n1. The zero-order valence-electron chi connectivity index (χ0n) is 13.3. The number of aryl methyl sites for hydroxylation is 1. The van der Waals surface area contributed by atoms with Crippen LogP contribution in [0.3, 0.4) is 0 Å². The van der Waals surface area contributed by atoms with E-state index in [9.17, 15) is 14.4 Å². The number of aromatic nitrogens is 4. The Kier molecular flexibility index (Phi) is 5.74. The van der Waals surface area contributed by atoms with Gasteiger partial charge in [0, 0.05) is 30.8 Å². The normalized spacial score (nSPS) is 11.9. The molecular formula is C14H18N6O3S. The average molecular weight is 350 g/mol. The van der Waals surface area contributed by atoms with Gasteiger partial charge in [0.25, 0.3) is 11.1 Å². The molecule has 9 nitrogen and oxygen atoms in total. The maximum absolute atomic E-state index is 12.1. The molecule has 2 aromatic heterocycles. The van der Waals surface area contributed by atoms with Gasteiger partial charge in [0.05, 0.1) is 5.25 Å². The summed E-state index contributed by atoms with van der Waals surface area (Å²) in [7, 11) is 0. The number of thioether (sulfide) groups is 1. The fourth-order valence-corrected chi connectivity index (χ4v) is 2.80. The topological polar surface area (TPSA) is 147 Å². The summed E-state index contributed by atoms with van der Waals surface area (Å²) >= 11 is 1.16. The molecule has 2 heterocycles. The molecule has 0 saturated heterocycles. The van der Waals surface area contributed by atoms with Gasteiger partial charge in [-0.2, -0.15) is 0 Å². The molecule has 10 heteroatoms. The van der Waals surface area contributed by atoms with Crippen LogP contribution in [0, 0.1) is 6.92 Å². The number of anilines is 1. The van der Waals surface area contributed by atoms with Gasteiger partial charge in [-0.05, 0) is 13.8 Å². The number of carbonyl (C=O) groups is 1. The first kappa shape index (κ1) is 17.7. The van der Waals surface area contributed by atoms with Gasteiger partial charge in [0.2, 0.25) is 5.91 Å². The van der Waals surface area contributed by atoms with Crippen LogP contribution in [0.15, 0.2) is 26.9 Å². The molecule has 2 rings (SSSR count). The number of hydrogen-bond donors (Lipinski definition) is 4. The Morgan fingerprint density at radius 1 is 1.29 bits per heavy atom. The Bertz CT molecular complexity index is 847. The summed E-state index contributed by atoms with van der Waals surface area (Å²) in [5.74, 6) is 0.333. The third kappa shape index (κ3) is 5.23. The fraction of sp³-hybridized carbons (Fsp3) is 0.357. The van der Waals surface area contributed by atoms with E-state index < -0.39 is 5.25 Å². The van der Waals surface area contributed by atoms with Crippen molar-refractivity contribution in [3.63, 3.8) is 0 Å². The number of nitrogen functional groups attached to an aromatic ring is 1. The van der Waals surface area contributed by atoms with Crippen LogP contribution in [-0.2, 0) is 11.2 Å². The summed E-state index contributed by atoms with van der Waals surface area (Å²) in [5.41, 5.74) is 5.49. The van der Waals surface area contributed by atoms with E-state index in [1.54, 1.807) is 13.8 Å². The van der Waals surface area contributed by atoms with E-state index in [-0.39, 0.29) is 22.8 Å². The van der Waals surface area contributed by atoms with Crippen LogP contribution in [0.4, 0.5) is 5.82 Å². The summed E-state index contributed by atoms with van der Waals surface area (Å²) < 4.78 is 0. The molecule has 5 N–H and O–H groups in total. The first-order valence-electron chi connectivity index (χ1n) is 7.21. The number of aromatic amines is 2. The minimum Gasteiger partial charge on any atom is -0.383 e. The number of nitrogens with two attached hydrogens (primary N) is 1. The minimum atomic E-state index is -0.442. The summed E-state index contributed by atoms with van der Waals surface area (Å²) in [6, 6.07) is 2.57. The molecular weight excluding hydrogens is 332 g/mol. The molecule has 1 atom stereocenters. The molecule has 0 fully saturated rings. The molecule has 0 bridgehead atoms. The van der Waals surface area contributed by atoms with E-state index in [0.29, 0.717) is 29.6 Å². The summed E-state index contributed by atoms with van der Waals surface area (Å²) in [4.78, 5) is 48.0. The second-order valence-corrected chi connectivity index (χ2v) is 6.44. The Balaban J connectivity index is 1.87. The number of rotatable bonds is 6. The zero-order valence-corrected chi connectivity index (χ0v) is 14.1. The molecule has 128 valence electrons. The molecule has 0 saturated carbocycles. The highest BCUT2D eigenvalue weighted by molar-refractivity contribution is 8.00. The van der Waals surface area contributed by atoms with E-state index in [4.69, 9.17) is 5.73 Å². The van der Waals surface area contributed by atoms with Gasteiger partial charge in [-0.15, -0.1) is 0 Å². The molecule has 0 aliphatic carbocycles. The van der Waals surface area contributed by atoms with Crippen LogP contribution in [0.5, 0.6) is 0 Å². The molecule has 2 aromatic rings. The summed E-state index contributed by atoms with van der Waals surface area (Å²) in [5, 5.41) is 2.69. The van der Waals surface area contributed by atoms with Crippen LogP contribution in [0.2, 0.25) is 0 Å². The lowest BCUT2D eigenvalue weighted by atomic mass is 10.3. The second kappa shape index (κ2) is 7.77. The Labute approximate surface area is 141 Å². The van der Waals surface area contributed by atoms with Crippen molar-refractivity contribution in [3.8, 4) is 0 Å². The van der Waals surface area contributed by atoms with Crippen molar-refractivity contribution in [2.45, 2.75) is 30.7 Å². The average Bonchev–Trinajstić information content (AvgIpc) is 2.44. The van der Waals surface area contributed by atoms with Crippen LogP contribution >= 0.6 is 11.8 Å². The first-order chi connectivity index (χ1) is 11.3. The predicted molar refractivity (Wildman–Crippen MR) is 90.9 cm³/mol. The van der Waals surface area contributed by atoms with Gasteiger partial charge in [0.15, 0.2) is 5.16 Å². The van der Waals surface area contributed by atoms with Gasteiger partial charge in [-0.3, -0.25) is 14.4 Å². The third-order valence-corrected chi connectivity index (χ3v) is 3.96. The smallest absolute Gasteiger partial charge is 0.252 e. The van der Waals surface area contributed by atoms with Crippen molar-refractivity contribution in [3.05, 3.63) is 44.4 Å². The standard InChI is InChI=1S/C14H18N6O3S/c1-7-5-11(21)20-14(17-7)24-8(2)13(23)16-4-3-10-18-9(15)6-12(22)19-10/h5-6,8H,3-4H2,1-2H3,(H,16,23)(H,17,20,21)(H3,15,18,19,22)/t8-/m1/s1. The Hall–Kier alpha value is -2.62. The second-order valence-electron chi connectivity index (χ2n) is 5.11. The lowest BCUT2D eigenvalue weighted by Crippen LogP contribution is -2.33. The van der Waals surface area contributed by atoms with E-state index in [2.05, 4.69) is 25.3 Å². The predicted octanol–water partition coefficient (Wildman–Crippen LogP) is -0.417.